The van der Waals surface area contributed by atoms with Gasteiger partial charge in [-0.05, 0) is 25.3 Å². The minimum absolute atomic E-state index is 0.0742. The fraction of sp³-hybridized carbons (Fsp3) is 0.400. The normalized spacial score (nSPS) is 18.5. The van der Waals surface area contributed by atoms with E-state index in [2.05, 4.69) is 4.98 Å². The number of carbonyl (C=O) groups is 1. The van der Waals surface area contributed by atoms with Gasteiger partial charge in [0.1, 0.15) is 0 Å². The zero-order valence-corrected chi connectivity index (χ0v) is 9.33. The van der Waals surface area contributed by atoms with E-state index in [1.54, 1.807) is 0 Å². The van der Waals surface area contributed by atoms with E-state index >= 15 is 0 Å². The predicted molar refractivity (Wildman–Crippen MR) is 56.2 cm³/mol. The first kappa shape index (κ1) is 11.1. The van der Waals surface area contributed by atoms with Gasteiger partial charge in [-0.2, -0.15) is 0 Å². The van der Waals surface area contributed by atoms with Crippen LogP contribution in [0.5, 0.6) is 0 Å². The molecule has 0 fully saturated rings. The van der Waals surface area contributed by atoms with Crippen molar-refractivity contribution in [2.24, 2.45) is 0 Å². The molecule has 1 N–H and O–H groups in total. The Kier molecular flexibility index (Phi) is 2.67. The van der Waals surface area contributed by atoms with Crippen LogP contribution in [-0.4, -0.2) is 30.2 Å². The standard InChI is InChI=1S/C10H11NO4S/c12-10(13)7-5-9-8(11-6-7)3-1-2-4-16(9,14)15/h5-6H,1-4H2,(H,12,13). The van der Waals surface area contributed by atoms with E-state index in [1.807, 2.05) is 0 Å². The molecule has 0 bridgehead atoms. The summed E-state index contributed by atoms with van der Waals surface area (Å²) in [6.07, 6.45) is 3.17. The maximum Gasteiger partial charge on any atom is 0.337 e. The van der Waals surface area contributed by atoms with E-state index in [1.165, 1.54) is 12.3 Å². The minimum atomic E-state index is -3.36. The Morgan fingerprint density at radius 1 is 1.38 bits per heavy atom. The molecular weight excluding hydrogens is 230 g/mol. The molecule has 0 spiro atoms. The van der Waals surface area contributed by atoms with E-state index in [4.69, 9.17) is 5.11 Å². The van der Waals surface area contributed by atoms with Crippen molar-refractivity contribution in [2.45, 2.75) is 24.2 Å². The molecule has 0 unspecified atom stereocenters. The molecule has 2 rings (SSSR count). The molecule has 0 amide bonds. The van der Waals surface area contributed by atoms with Crippen LogP contribution in [0.2, 0.25) is 0 Å². The highest BCUT2D eigenvalue weighted by Gasteiger charge is 2.24. The van der Waals surface area contributed by atoms with Crippen molar-refractivity contribution >= 4 is 15.8 Å². The number of pyridine rings is 1. The van der Waals surface area contributed by atoms with Gasteiger partial charge >= 0.3 is 5.97 Å². The highest BCUT2D eigenvalue weighted by molar-refractivity contribution is 7.91. The third-order valence-electron chi connectivity index (χ3n) is 2.59. The minimum Gasteiger partial charge on any atom is -0.478 e. The lowest BCUT2D eigenvalue weighted by atomic mass is 10.1. The summed E-state index contributed by atoms with van der Waals surface area (Å²) in [5.74, 6) is -1.08. The average Bonchev–Trinajstić information content (AvgIpc) is 2.37. The van der Waals surface area contributed by atoms with Gasteiger partial charge in [0.2, 0.25) is 0 Å². The molecule has 86 valence electrons. The van der Waals surface area contributed by atoms with Gasteiger partial charge < -0.3 is 5.11 Å². The summed E-state index contributed by atoms with van der Waals surface area (Å²) in [7, 11) is -3.36. The zero-order valence-electron chi connectivity index (χ0n) is 8.51. The number of carboxylic acids is 1. The summed E-state index contributed by atoms with van der Waals surface area (Å²) in [6.45, 7) is 0. The second-order valence-electron chi connectivity index (χ2n) is 3.75. The Morgan fingerprint density at radius 3 is 2.81 bits per heavy atom. The molecule has 0 atom stereocenters. The van der Waals surface area contributed by atoms with Crippen molar-refractivity contribution in [3.05, 3.63) is 23.5 Å². The monoisotopic (exact) mass is 241 g/mol. The van der Waals surface area contributed by atoms with Crippen LogP contribution in [0.1, 0.15) is 28.9 Å². The second kappa shape index (κ2) is 3.86. The lowest BCUT2D eigenvalue weighted by Crippen LogP contribution is -2.09. The average molecular weight is 241 g/mol. The molecule has 0 aromatic carbocycles. The third kappa shape index (κ3) is 1.92. The fourth-order valence-corrected chi connectivity index (χ4v) is 3.37. The van der Waals surface area contributed by atoms with Gasteiger partial charge in [0.25, 0.3) is 0 Å². The highest BCUT2D eigenvalue weighted by Crippen LogP contribution is 2.23. The molecule has 0 radical (unpaired) electrons. The van der Waals surface area contributed by atoms with Gasteiger partial charge in [-0.3, -0.25) is 4.98 Å². The number of sulfone groups is 1. The van der Waals surface area contributed by atoms with Crippen molar-refractivity contribution in [3.63, 3.8) is 0 Å². The van der Waals surface area contributed by atoms with Gasteiger partial charge in [0.15, 0.2) is 9.84 Å². The summed E-state index contributed by atoms with van der Waals surface area (Å²) < 4.78 is 23.7. The molecule has 0 aliphatic carbocycles. The smallest absolute Gasteiger partial charge is 0.337 e. The first-order valence-electron chi connectivity index (χ1n) is 4.96. The molecule has 1 aliphatic heterocycles. The molecule has 16 heavy (non-hydrogen) atoms. The first-order chi connectivity index (χ1) is 7.50. The van der Waals surface area contributed by atoms with Crippen LogP contribution in [0.25, 0.3) is 0 Å². The number of nitrogens with zero attached hydrogens (tertiary/aromatic N) is 1. The number of aromatic nitrogens is 1. The highest BCUT2D eigenvalue weighted by atomic mass is 32.2. The quantitative estimate of drug-likeness (QED) is 0.789. The van der Waals surface area contributed by atoms with Crippen LogP contribution in [0.4, 0.5) is 0 Å². The van der Waals surface area contributed by atoms with Gasteiger partial charge in [-0.1, -0.05) is 0 Å². The summed E-state index contributed by atoms with van der Waals surface area (Å²) in [5, 5.41) is 8.79. The van der Waals surface area contributed by atoms with Crippen LogP contribution < -0.4 is 0 Å². The molecule has 1 aromatic heterocycles. The van der Waals surface area contributed by atoms with Gasteiger partial charge in [-0.15, -0.1) is 0 Å². The number of rotatable bonds is 1. The number of hydrogen-bond acceptors (Lipinski definition) is 4. The molecule has 0 saturated heterocycles. The molecule has 5 nitrogen and oxygen atoms in total. The SMILES string of the molecule is O=C(O)c1cnc2c(c1)S(=O)(=O)CCCC2. The summed E-state index contributed by atoms with van der Waals surface area (Å²) in [6, 6.07) is 1.21. The molecule has 2 heterocycles. The van der Waals surface area contributed by atoms with Crippen molar-refractivity contribution in [3.8, 4) is 0 Å². The molecular formula is C10H11NO4S. The Balaban J connectivity index is 2.62. The van der Waals surface area contributed by atoms with Gasteiger partial charge in [-0.25, -0.2) is 13.2 Å². The Morgan fingerprint density at radius 2 is 2.12 bits per heavy atom. The van der Waals surface area contributed by atoms with E-state index in [0.717, 1.165) is 6.42 Å². The Hall–Kier alpha value is -1.43. The fourth-order valence-electron chi connectivity index (χ4n) is 1.74. The first-order valence-corrected chi connectivity index (χ1v) is 6.61. The van der Waals surface area contributed by atoms with Crippen molar-refractivity contribution in [2.75, 3.05) is 5.75 Å². The predicted octanol–water partition coefficient (Wildman–Crippen LogP) is 0.890. The largest absolute Gasteiger partial charge is 0.478 e. The van der Waals surface area contributed by atoms with E-state index < -0.39 is 15.8 Å². The van der Waals surface area contributed by atoms with Crippen LogP contribution in [0, 0.1) is 0 Å². The lowest BCUT2D eigenvalue weighted by Gasteiger charge is -2.05. The topological polar surface area (TPSA) is 84.3 Å². The molecule has 1 aliphatic rings. The number of hydrogen-bond donors (Lipinski definition) is 1. The number of carboxylic acid groups (broad SMARTS) is 1. The van der Waals surface area contributed by atoms with E-state index in [9.17, 15) is 13.2 Å². The second-order valence-corrected chi connectivity index (χ2v) is 5.83. The van der Waals surface area contributed by atoms with Crippen molar-refractivity contribution in [1.82, 2.24) is 4.98 Å². The van der Waals surface area contributed by atoms with Gasteiger partial charge in [0, 0.05) is 6.20 Å². The zero-order chi connectivity index (χ0) is 11.8. The number of fused-ring (bicyclic) bond motifs is 1. The van der Waals surface area contributed by atoms with E-state index in [-0.39, 0.29) is 16.2 Å². The van der Waals surface area contributed by atoms with Crippen molar-refractivity contribution in [1.29, 1.82) is 0 Å². The van der Waals surface area contributed by atoms with Crippen LogP contribution >= 0.6 is 0 Å². The van der Waals surface area contributed by atoms with Crippen LogP contribution in [-0.2, 0) is 16.3 Å². The number of aromatic carboxylic acids is 1. The molecule has 1 aromatic rings. The molecule has 0 saturated carbocycles. The van der Waals surface area contributed by atoms with Crippen LogP contribution in [0.3, 0.4) is 0 Å². The number of aryl methyl sites for hydroxylation is 1. The molecule has 6 heteroatoms. The maximum absolute atomic E-state index is 11.8. The summed E-state index contributed by atoms with van der Waals surface area (Å²) >= 11 is 0. The Labute approximate surface area is 93.1 Å². The Bertz CT molecular complexity index is 536. The van der Waals surface area contributed by atoms with Crippen molar-refractivity contribution < 1.29 is 18.3 Å². The summed E-state index contributed by atoms with van der Waals surface area (Å²) in [5.41, 5.74) is 0.409. The van der Waals surface area contributed by atoms with Crippen LogP contribution in [0.15, 0.2) is 17.2 Å². The maximum atomic E-state index is 11.8. The lowest BCUT2D eigenvalue weighted by molar-refractivity contribution is 0.0696. The third-order valence-corrected chi connectivity index (χ3v) is 4.44. The van der Waals surface area contributed by atoms with Gasteiger partial charge in [0.05, 0.1) is 21.9 Å². The van der Waals surface area contributed by atoms with E-state index in [0.29, 0.717) is 18.5 Å². The summed E-state index contributed by atoms with van der Waals surface area (Å²) in [4.78, 5) is 14.8.